The van der Waals surface area contributed by atoms with Crippen LogP contribution in [0.5, 0.6) is 5.75 Å². The zero-order valence-electron chi connectivity index (χ0n) is 8.00. The van der Waals surface area contributed by atoms with E-state index in [1.165, 1.54) is 13.0 Å². The van der Waals surface area contributed by atoms with E-state index in [2.05, 4.69) is 0 Å². The second kappa shape index (κ2) is 4.49. The molecule has 0 amide bonds. The van der Waals surface area contributed by atoms with Gasteiger partial charge in [0.25, 0.3) is 0 Å². The lowest BCUT2D eigenvalue weighted by Crippen LogP contribution is -2.12. The number of carboxylic acid groups (broad SMARTS) is 1. The average Bonchev–Trinajstić information content (AvgIpc) is 2.13. The van der Waals surface area contributed by atoms with Crippen LogP contribution in [0, 0.1) is 11.7 Å². The van der Waals surface area contributed by atoms with E-state index in [4.69, 9.17) is 21.8 Å². The molecule has 1 unspecified atom stereocenters. The van der Waals surface area contributed by atoms with Gasteiger partial charge in [-0.2, -0.15) is 0 Å². The molecule has 0 saturated carbocycles. The van der Waals surface area contributed by atoms with Crippen LogP contribution in [0.4, 0.5) is 4.39 Å². The Hall–Kier alpha value is -1.29. The lowest BCUT2D eigenvalue weighted by Gasteiger charge is -2.07. The molecule has 0 aliphatic carbocycles. The van der Waals surface area contributed by atoms with Crippen LogP contribution in [-0.4, -0.2) is 16.2 Å². The van der Waals surface area contributed by atoms with Gasteiger partial charge in [-0.3, -0.25) is 4.79 Å². The summed E-state index contributed by atoms with van der Waals surface area (Å²) in [5.41, 5.74) is 0.449. The number of carboxylic acids is 1. The monoisotopic (exact) mass is 232 g/mol. The molecular formula is C10H10ClFO3. The molecule has 0 bridgehead atoms. The van der Waals surface area contributed by atoms with Gasteiger partial charge in [0, 0.05) is 0 Å². The molecule has 1 aromatic rings. The average molecular weight is 233 g/mol. The van der Waals surface area contributed by atoms with Crippen molar-refractivity contribution in [1.29, 1.82) is 0 Å². The Labute approximate surface area is 91.1 Å². The topological polar surface area (TPSA) is 57.5 Å². The van der Waals surface area contributed by atoms with Crippen LogP contribution in [-0.2, 0) is 11.2 Å². The number of aliphatic carboxylic acids is 1. The predicted molar refractivity (Wildman–Crippen MR) is 53.6 cm³/mol. The van der Waals surface area contributed by atoms with Gasteiger partial charge in [0.2, 0.25) is 0 Å². The Morgan fingerprint density at radius 1 is 1.60 bits per heavy atom. The lowest BCUT2D eigenvalue weighted by atomic mass is 10.0. The highest BCUT2D eigenvalue weighted by molar-refractivity contribution is 6.32. The van der Waals surface area contributed by atoms with Crippen molar-refractivity contribution in [2.24, 2.45) is 5.92 Å². The molecule has 1 aromatic carbocycles. The van der Waals surface area contributed by atoms with Crippen LogP contribution in [0.1, 0.15) is 12.5 Å². The fourth-order valence-corrected chi connectivity index (χ4v) is 1.41. The maximum Gasteiger partial charge on any atom is 0.306 e. The number of rotatable bonds is 3. The number of aromatic hydroxyl groups is 1. The molecule has 0 aromatic heterocycles. The van der Waals surface area contributed by atoms with Gasteiger partial charge in [-0.05, 0) is 24.1 Å². The molecular weight excluding hydrogens is 223 g/mol. The Kier molecular flexibility index (Phi) is 3.52. The van der Waals surface area contributed by atoms with Crippen molar-refractivity contribution in [3.63, 3.8) is 0 Å². The van der Waals surface area contributed by atoms with E-state index in [9.17, 15) is 9.18 Å². The highest BCUT2D eigenvalue weighted by Gasteiger charge is 2.14. The summed E-state index contributed by atoms with van der Waals surface area (Å²) in [5, 5.41) is 17.6. The third-order valence-corrected chi connectivity index (χ3v) is 2.33. The van der Waals surface area contributed by atoms with Crippen molar-refractivity contribution >= 4 is 17.6 Å². The number of phenolic OH excluding ortho intramolecular Hbond substituents is 1. The molecule has 0 aliphatic rings. The second-order valence-corrected chi connectivity index (χ2v) is 3.76. The SMILES string of the molecule is CC(Cc1cc(F)c(O)c(Cl)c1)C(=O)O. The van der Waals surface area contributed by atoms with Crippen molar-refractivity contribution in [3.8, 4) is 5.75 Å². The first-order valence-electron chi connectivity index (χ1n) is 4.31. The largest absolute Gasteiger partial charge is 0.504 e. The summed E-state index contributed by atoms with van der Waals surface area (Å²) in [7, 11) is 0. The van der Waals surface area contributed by atoms with Crippen LogP contribution < -0.4 is 0 Å². The zero-order chi connectivity index (χ0) is 11.6. The molecule has 0 fully saturated rings. The van der Waals surface area contributed by atoms with Crippen LogP contribution >= 0.6 is 11.6 Å². The van der Waals surface area contributed by atoms with Gasteiger partial charge in [0.15, 0.2) is 11.6 Å². The van der Waals surface area contributed by atoms with E-state index >= 15 is 0 Å². The third kappa shape index (κ3) is 2.83. The summed E-state index contributed by atoms with van der Waals surface area (Å²) >= 11 is 5.54. The van der Waals surface area contributed by atoms with E-state index < -0.39 is 23.5 Å². The number of hydrogen-bond donors (Lipinski definition) is 2. The number of phenols is 1. The number of hydrogen-bond acceptors (Lipinski definition) is 2. The van der Waals surface area contributed by atoms with Gasteiger partial charge in [0.05, 0.1) is 10.9 Å². The van der Waals surface area contributed by atoms with Crippen LogP contribution in [0.25, 0.3) is 0 Å². The predicted octanol–water partition coefficient (Wildman–Crippen LogP) is 2.45. The minimum absolute atomic E-state index is 0.109. The van der Waals surface area contributed by atoms with Gasteiger partial charge < -0.3 is 10.2 Å². The lowest BCUT2D eigenvalue weighted by molar-refractivity contribution is -0.141. The van der Waals surface area contributed by atoms with Gasteiger partial charge in [-0.25, -0.2) is 4.39 Å². The summed E-state index contributed by atoms with van der Waals surface area (Å²) in [5.74, 6) is -3.02. The van der Waals surface area contributed by atoms with Crippen molar-refractivity contribution in [1.82, 2.24) is 0 Å². The Bertz CT molecular complexity index is 369. The third-order valence-electron chi connectivity index (χ3n) is 2.04. The Morgan fingerprint density at radius 3 is 2.67 bits per heavy atom. The van der Waals surface area contributed by atoms with Crippen LogP contribution in [0.3, 0.4) is 0 Å². The molecule has 0 heterocycles. The molecule has 1 atom stereocenters. The van der Waals surface area contributed by atoms with Crippen molar-refractivity contribution in [2.75, 3.05) is 0 Å². The van der Waals surface area contributed by atoms with E-state index in [1.807, 2.05) is 0 Å². The molecule has 15 heavy (non-hydrogen) atoms. The van der Waals surface area contributed by atoms with Gasteiger partial charge in [-0.1, -0.05) is 18.5 Å². The van der Waals surface area contributed by atoms with Gasteiger partial charge >= 0.3 is 5.97 Å². The normalized spacial score (nSPS) is 12.5. The van der Waals surface area contributed by atoms with E-state index in [1.54, 1.807) is 0 Å². The van der Waals surface area contributed by atoms with Crippen molar-refractivity contribution in [3.05, 3.63) is 28.5 Å². The molecule has 0 aliphatic heterocycles. The fraction of sp³-hybridized carbons (Fsp3) is 0.300. The summed E-state index contributed by atoms with van der Waals surface area (Å²) in [6.07, 6.45) is 0.173. The first-order chi connectivity index (χ1) is 6.91. The highest BCUT2D eigenvalue weighted by atomic mass is 35.5. The van der Waals surface area contributed by atoms with Crippen molar-refractivity contribution in [2.45, 2.75) is 13.3 Å². The maximum absolute atomic E-state index is 13.0. The second-order valence-electron chi connectivity index (χ2n) is 3.35. The molecule has 0 radical (unpaired) electrons. The maximum atomic E-state index is 13.0. The summed E-state index contributed by atoms with van der Waals surface area (Å²) in [6, 6.07) is 2.44. The molecule has 82 valence electrons. The summed E-state index contributed by atoms with van der Waals surface area (Å²) < 4.78 is 13.0. The number of halogens is 2. The summed E-state index contributed by atoms with van der Waals surface area (Å²) in [4.78, 5) is 10.6. The van der Waals surface area contributed by atoms with E-state index in [0.29, 0.717) is 5.56 Å². The van der Waals surface area contributed by atoms with Gasteiger partial charge in [-0.15, -0.1) is 0 Å². The first-order valence-corrected chi connectivity index (χ1v) is 4.69. The molecule has 2 N–H and O–H groups in total. The zero-order valence-corrected chi connectivity index (χ0v) is 8.75. The van der Waals surface area contributed by atoms with Crippen LogP contribution in [0.2, 0.25) is 5.02 Å². The van der Waals surface area contributed by atoms with E-state index in [0.717, 1.165) is 6.07 Å². The minimum atomic E-state index is -0.959. The smallest absolute Gasteiger partial charge is 0.306 e. The molecule has 1 rings (SSSR count). The van der Waals surface area contributed by atoms with Gasteiger partial charge in [0.1, 0.15) is 0 Å². The molecule has 0 saturated heterocycles. The number of benzene rings is 1. The molecule has 5 heteroatoms. The molecule has 3 nitrogen and oxygen atoms in total. The Balaban J connectivity index is 2.92. The van der Waals surface area contributed by atoms with E-state index in [-0.39, 0.29) is 11.4 Å². The Morgan fingerprint density at radius 2 is 2.20 bits per heavy atom. The minimum Gasteiger partial charge on any atom is -0.504 e. The number of carbonyl (C=O) groups is 1. The first kappa shape index (κ1) is 11.8. The summed E-state index contributed by atoms with van der Waals surface area (Å²) in [6.45, 7) is 1.51. The van der Waals surface area contributed by atoms with Crippen molar-refractivity contribution < 1.29 is 19.4 Å². The standard InChI is InChI=1S/C10H10ClFO3/c1-5(10(14)15)2-6-3-7(11)9(13)8(12)4-6/h3-5,13H,2H2,1H3,(H,14,15). The fourth-order valence-electron chi connectivity index (χ4n) is 1.18. The highest BCUT2D eigenvalue weighted by Crippen LogP contribution is 2.28. The van der Waals surface area contributed by atoms with Crippen LogP contribution in [0.15, 0.2) is 12.1 Å². The quantitative estimate of drug-likeness (QED) is 0.842. The molecule has 0 spiro atoms.